The van der Waals surface area contributed by atoms with Gasteiger partial charge in [-0.2, -0.15) is 4.39 Å². The maximum atomic E-state index is 11.6. The van der Waals surface area contributed by atoms with Crippen LogP contribution in [-0.4, -0.2) is 0 Å². The number of halogens is 1. The van der Waals surface area contributed by atoms with Crippen LogP contribution in [0.25, 0.3) is 0 Å². The first-order chi connectivity index (χ1) is 3.77. The van der Waals surface area contributed by atoms with E-state index < -0.39 is 5.95 Å². The summed E-state index contributed by atoms with van der Waals surface area (Å²) < 4.78 is 11.6. The van der Waals surface area contributed by atoms with Gasteiger partial charge in [-0.05, 0) is 6.08 Å². The van der Waals surface area contributed by atoms with Crippen LogP contribution in [0.1, 0.15) is 0 Å². The molecule has 0 aromatic heterocycles. The molecule has 2 heteroatoms. The quantitative estimate of drug-likeness (QED) is 0.426. The lowest BCUT2D eigenvalue weighted by molar-refractivity contribution is 0.627. The third-order valence-electron chi connectivity index (χ3n) is 0.503. The highest BCUT2D eigenvalue weighted by molar-refractivity contribution is 5.09. The lowest BCUT2D eigenvalue weighted by Gasteiger charge is -1.75. The second-order valence-electron chi connectivity index (χ2n) is 1.17. The Balaban J connectivity index is 3.57. The predicted octanol–water partition coefficient (Wildman–Crippen LogP) is 1.50. The standard InChI is InChI=1S/C6H8FN/c1-2-3-4-5-6(7)8/h2-5H,1,8H2/b4-3-,6-5-. The van der Waals surface area contributed by atoms with Gasteiger partial charge in [0, 0.05) is 0 Å². The maximum Gasteiger partial charge on any atom is 0.184 e. The van der Waals surface area contributed by atoms with Crippen LogP contribution in [0.15, 0.2) is 36.8 Å². The molecule has 0 atom stereocenters. The van der Waals surface area contributed by atoms with Gasteiger partial charge in [0.1, 0.15) is 0 Å². The van der Waals surface area contributed by atoms with Crippen molar-refractivity contribution in [1.29, 1.82) is 0 Å². The van der Waals surface area contributed by atoms with Gasteiger partial charge >= 0.3 is 0 Å². The maximum absolute atomic E-state index is 11.6. The second-order valence-corrected chi connectivity index (χ2v) is 1.17. The minimum Gasteiger partial charge on any atom is -0.376 e. The molecule has 0 aromatic carbocycles. The first kappa shape index (κ1) is 6.95. The van der Waals surface area contributed by atoms with Gasteiger partial charge in [0.25, 0.3) is 0 Å². The largest absolute Gasteiger partial charge is 0.376 e. The van der Waals surface area contributed by atoms with E-state index >= 15 is 0 Å². The van der Waals surface area contributed by atoms with Crippen LogP contribution in [0, 0.1) is 0 Å². The zero-order valence-electron chi connectivity index (χ0n) is 4.47. The van der Waals surface area contributed by atoms with Crippen molar-refractivity contribution in [3.05, 3.63) is 36.8 Å². The smallest absolute Gasteiger partial charge is 0.184 e. The minimum atomic E-state index is -0.692. The van der Waals surface area contributed by atoms with Crippen LogP contribution in [0.4, 0.5) is 4.39 Å². The zero-order chi connectivity index (χ0) is 6.41. The molecule has 0 heterocycles. The average Bonchev–Trinajstić information content (AvgIpc) is 1.66. The molecule has 0 saturated heterocycles. The van der Waals surface area contributed by atoms with Gasteiger partial charge in [-0.15, -0.1) is 0 Å². The van der Waals surface area contributed by atoms with Crippen LogP contribution in [0.5, 0.6) is 0 Å². The van der Waals surface area contributed by atoms with Gasteiger partial charge in [0.05, 0.1) is 0 Å². The number of nitrogens with two attached hydrogens (primary N) is 1. The Morgan fingerprint density at radius 1 is 1.50 bits per heavy atom. The van der Waals surface area contributed by atoms with Crippen LogP contribution in [0.3, 0.4) is 0 Å². The molecular formula is C6H8FN. The van der Waals surface area contributed by atoms with Crippen LogP contribution >= 0.6 is 0 Å². The van der Waals surface area contributed by atoms with E-state index in [2.05, 4.69) is 12.3 Å². The molecule has 0 unspecified atom stereocenters. The van der Waals surface area contributed by atoms with Crippen LogP contribution in [-0.2, 0) is 0 Å². The molecule has 1 nitrogen and oxygen atoms in total. The monoisotopic (exact) mass is 113 g/mol. The summed E-state index contributed by atoms with van der Waals surface area (Å²) in [5, 5.41) is 0. The molecule has 0 rings (SSSR count). The summed E-state index contributed by atoms with van der Waals surface area (Å²) in [6.45, 7) is 3.38. The Morgan fingerprint density at radius 2 is 2.12 bits per heavy atom. The number of allylic oxidation sites excluding steroid dienone is 4. The van der Waals surface area contributed by atoms with E-state index in [9.17, 15) is 4.39 Å². The molecule has 0 amide bonds. The lowest BCUT2D eigenvalue weighted by Crippen LogP contribution is -1.85. The second kappa shape index (κ2) is 4.12. The van der Waals surface area contributed by atoms with E-state index in [4.69, 9.17) is 0 Å². The third kappa shape index (κ3) is 4.95. The number of rotatable bonds is 2. The Kier molecular flexibility index (Phi) is 3.58. The molecule has 0 saturated carbocycles. The molecule has 0 aliphatic carbocycles. The average molecular weight is 113 g/mol. The first-order valence-electron chi connectivity index (χ1n) is 2.17. The normalized spacial score (nSPS) is 12.4. The Hall–Kier alpha value is -1.05. The SMILES string of the molecule is C=C/C=C\C=C(/N)F. The van der Waals surface area contributed by atoms with E-state index in [0.29, 0.717) is 0 Å². The molecule has 0 aliphatic rings. The molecule has 2 N–H and O–H groups in total. The van der Waals surface area contributed by atoms with E-state index in [1.54, 1.807) is 12.2 Å². The van der Waals surface area contributed by atoms with Crippen LogP contribution in [0.2, 0.25) is 0 Å². The van der Waals surface area contributed by atoms with Crippen LogP contribution < -0.4 is 5.73 Å². The van der Waals surface area contributed by atoms with Crippen molar-refractivity contribution in [1.82, 2.24) is 0 Å². The summed E-state index contributed by atoms with van der Waals surface area (Å²) in [6, 6.07) is 0. The zero-order valence-corrected chi connectivity index (χ0v) is 4.47. The Bertz CT molecular complexity index is 120. The fourth-order valence-corrected chi connectivity index (χ4v) is 0.226. The molecule has 8 heavy (non-hydrogen) atoms. The van der Waals surface area contributed by atoms with Gasteiger partial charge in [-0.3, -0.25) is 0 Å². The molecule has 0 aromatic rings. The highest BCUT2D eigenvalue weighted by atomic mass is 19.1. The van der Waals surface area contributed by atoms with Crippen molar-refractivity contribution >= 4 is 0 Å². The van der Waals surface area contributed by atoms with Crippen molar-refractivity contribution < 1.29 is 4.39 Å². The summed E-state index contributed by atoms with van der Waals surface area (Å²) in [5.74, 6) is -0.692. The summed E-state index contributed by atoms with van der Waals surface area (Å²) >= 11 is 0. The first-order valence-corrected chi connectivity index (χ1v) is 2.17. The molecule has 0 spiro atoms. The summed E-state index contributed by atoms with van der Waals surface area (Å²) in [5.41, 5.74) is 4.64. The molecule has 0 fully saturated rings. The van der Waals surface area contributed by atoms with Gasteiger partial charge < -0.3 is 5.73 Å². The summed E-state index contributed by atoms with van der Waals surface area (Å²) in [4.78, 5) is 0. The molecular weight excluding hydrogens is 105 g/mol. The molecule has 0 bridgehead atoms. The predicted molar refractivity (Wildman–Crippen MR) is 32.7 cm³/mol. The fourth-order valence-electron chi connectivity index (χ4n) is 0.226. The Morgan fingerprint density at radius 3 is 2.50 bits per heavy atom. The fraction of sp³-hybridized carbons (Fsp3) is 0. The van der Waals surface area contributed by atoms with Gasteiger partial charge in [0.2, 0.25) is 0 Å². The highest BCUT2D eigenvalue weighted by Crippen LogP contribution is 1.84. The topological polar surface area (TPSA) is 26.0 Å². The van der Waals surface area contributed by atoms with Gasteiger partial charge in [0.15, 0.2) is 5.95 Å². The van der Waals surface area contributed by atoms with Crippen molar-refractivity contribution in [3.63, 3.8) is 0 Å². The van der Waals surface area contributed by atoms with Gasteiger partial charge in [-0.25, -0.2) is 0 Å². The van der Waals surface area contributed by atoms with E-state index in [1.165, 1.54) is 6.08 Å². The van der Waals surface area contributed by atoms with Crippen molar-refractivity contribution in [3.8, 4) is 0 Å². The van der Waals surface area contributed by atoms with E-state index in [1.807, 2.05) is 0 Å². The third-order valence-corrected chi connectivity index (χ3v) is 0.503. The minimum absolute atomic E-state index is 0.692. The lowest BCUT2D eigenvalue weighted by atomic mass is 10.5. The van der Waals surface area contributed by atoms with Crippen molar-refractivity contribution in [2.45, 2.75) is 0 Å². The number of hydrogen-bond acceptors (Lipinski definition) is 1. The van der Waals surface area contributed by atoms with E-state index in [0.717, 1.165) is 6.08 Å². The van der Waals surface area contributed by atoms with Crippen molar-refractivity contribution in [2.75, 3.05) is 0 Å². The van der Waals surface area contributed by atoms with Crippen molar-refractivity contribution in [2.24, 2.45) is 5.73 Å². The highest BCUT2D eigenvalue weighted by Gasteiger charge is 1.71. The Labute approximate surface area is 48.0 Å². The molecule has 44 valence electrons. The summed E-state index contributed by atoms with van der Waals surface area (Å²) in [6.07, 6.45) is 5.76. The molecule has 0 radical (unpaired) electrons. The summed E-state index contributed by atoms with van der Waals surface area (Å²) in [7, 11) is 0. The molecule has 0 aliphatic heterocycles. The number of hydrogen-bond donors (Lipinski definition) is 1. The van der Waals surface area contributed by atoms with E-state index in [-0.39, 0.29) is 0 Å². The van der Waals surface area contributed by atoms with Gasteiger partial charge in [-0.1, -0.05) is 24.8 Å².